The molecule has 0 radical (unpaired) electrons. The van der Waals surface area contributed by atoms with Crippen molar-refractivity contribution in [1.82, 2.24) is 4.90 Å². The third-order valence-corrected chi connectivity index (χ3v) is 7.10. The molecule has 4 bridgehead atoms. The van der Waals surface area contributed by atoms with Gasteiger partial charge in [-0.2, -0.15) is 0 Å². The van der Waals surface area contributed by atoms with Crippen LogP contribution in [-0.4, -0.2) is 34.0 Å². The lowest BCUT2D eigenvalue weighted by Gasteiger charge is -2.56. The van der Waals surface area contributed by atoms with Gasteiger partial charge in [0.2, 0.25) is 0 Å². The molecule has 1 aliphatic heterocycles. The zero-order chi connectivity index (χ0) is 18.9. The fraction of sp³-hybridized carbons (Fsp3) is 0.550. The number of imide groups is 1. The molecular formula is C20H20N2O5. The van der Waals surface area contributed by atoms with E-state index in [1.807, 2.05) is 0 Å². The number of nitro groups is 1. The first kappa shape index (κ1) is 16.6. The first-order valence-corrected chi connectivity index (χ1v) is 9.54. The van der Waals surface area contributed by atoms with E-state index in [0.717, 1.165) is 30.2 Å². The van der Waals surface area contributed by atoms with Crippen molar-refractivity contribution in [1.29, 1.82) is 0 Å². The summed E-state index contributed by atoms with van der Waals surface area (Å²) in [5.74, 6) is 0.672. The minimum atomic E-state index is -0.600. The van der Waals surface area contributed by atoms with Gasteiger partial charge < -0.3 is 0 Å². The number of non-ortho nitro benzene ring substituents is 1. The number of carbonyl (C=O) groups is 3. The van der Waals surface area contributed by atoms with Gasteiger partial charge in [0, 0.05) is 17.5 Å². The van der Waals surface area contributed by atoms with Crippen molar-refractivity contribution in [3.63, 3.8) is 0 Å². The maximum Gasteiger partial charge on any atom is 0.270 e. The van der Waals surface area contributed by atoms with Gasteiger partial charge in [0.15, 0.2) is 5.78 Å². The van der Waals surface area contributed by atoms with Crippen LogP contribution in [0.25, 0.3) is 0 Å². The number of carbonyl (C=O) groups excluding carboxylic acids is 3. The number of fused-ring (bicyclic) bond motifs is 1. The van der Waals surface area contributed by atoms with E-state index >= 15 is 0 Å². The molecule has 0 saturated heterocycles. The number of Topliss-reactive ketones (excluding diaryl/α,β-unsaturated/α-hetero) is 1. The molecule has 4 fully saturated rings. The summed E-state index contributed by atoms with van der Waals surface area (Å²) in [7, 11) is 0. The molecule has 7 nitrogen and oxygen atoms in total. The quantitative estimate of drug-likeness (QED) is 0.462. The summed E-state index contributed by atoms with van der Waals surface area (Å²) in [5.41, 5.74) is -0.448. The molecule has 0 atom stereocenters. The summed E-state index contributed by atoms with van der Waals surface area (Å²) in [6.07, 6.45) is 6.28. The van der Waals surface area contributed by atoms with E-state index in [4.69, 9.17) is 0 Å². The molecule has 6 rings (SSSR count). The highest BCUT2D eigenvalue weighted by Gasteiger charge is 2.55. The fourth-order valence-corrected chi connectivity index (χ4v) is 6.30. The van der Waals surface area contributed by atoms with Crippen molar-refractivity contribution < 1.29 is 19.3 Å². The van der Waals surface area contributed by atoms with Crippen LogP contribution in [0.4, 0.5) is 5.69 Å². The van der Waals surface area contributed by atoms with Gasteiger partial charge in [-0.1, -0.05) is 0 Å². The largest absolute Gasteiger partial charge is 0.297 e. The van der Waals surface area contributed by atoms with Gasteiger partial charge in [-0.05, 0) is 62.3 Å². The second-order valence-corrected chi connectivity index (χ2v) is 8.80. The summed E-state index contributed by atoms with van der Waals surface area (Å²) in [6, 6.07) is 3.65. The number of hydrogen-bond donors (Lipinski definition) is 0. The van der Waals surface area contributed by atoms with Gasteiger partial charge in [0.25, 0.3) is 17.5 Å². The molecule has 0 spiro atoms. The molecule has 1 aromatic rings. The molecule has 140 valence electrons. The molecule has 4 saturated carbocycles. The second kappa shape index (κ2) is 5.47. The van der Waals surface area contributed by atoms with Gasteiger partial charge in [-0.15, -0.1) is 0 Å². The molecule has 5 aliphatic rings. The minimum absolute atomic E-state index is 0.00870. The summed E-state index contributed by atoms with van der Waals surface area (Å²) < 4.78 is 0. The van der Waals surface area contributed by atoms with Crippen molar-refractivity contribution in [2.45, 2.75) is 38.5 Å². The summed E-state index contributed by atoms with van der Waals surface area (Å²) in [5, 5.41) is 10.9. The van der Waals surface area contributed by atoms with Crippen molar-refractivity contribution in [2.75, 3.05) is 6.54 Å². The molecule has 2 amide bonds. The van der Waals surface area contributed by atoms with Crippen molar-refractivity contribution in [3.8, 4) is 0 Å². The fourth-order valence-electron chi connectivity index (χ4n) is 6.30. The minimum Gasteiger partial charge on any atom is -0.297 e. The van der Waals surface area contributed by atoms with Crippen LogP contribution in [0.5, 0.6) is 0 Å². The number of nitrogens with zero attached hydrogens (tertiary/aromatic N) is 2. The van der Waals surface area contributed by atoms with Crippen LogP contribution >= 0.6 is 0 Å². The molecule has 1 aromatic carbocycles. The lowest BCUT2D eigenvalue weighted by atomic mass is 9.48. The van der Waals surface area contributed by atoms with Crippen molar-refractivity contribution in [3.05, 3.63) is 39.4 Å². The topological polar surface area (TPSA) is 97.6 Å². The van der Waals surface area contributed by atoms with Crippen LogP contribution in [0.1, 0.15) is 59.2 Å². The standard InChI is InChI=1S/C20H20N2O5/c23-17(20-7-11-3-12(8-20)5-13(4-11)9-20)10-21-18(24)15-2-1-14(22(26)27)6-16(15)19(21)25/h1-2,6,11-13H,3-5,7-10H2. The van der Waals surface area contributed by atoms with E-state index in [0.29, 0.717) is 17.8 Å². The predicted molar refractivity (Wildman–Crippen MR) is 94.1 cm³/mol. The van der Waals surface area contributed by atoms with E-state index in [2.05, 4.69) is 0 Å². The number of nitro benzene ring substituents is 1. The third kappa shape index (κ3) is 2.37. The van der Waals surface area contributed by atoms with Gasteiger partial charge in [-0.25, -0.2) is 0 Å². The maximum atomic E-state index is 13.2. The zero-order valence-corrected chi connectivity index (χ0v) is 14.8. The first-order valence-electron chi connectivity index (χ1n) is 9.54. The van der Waals surface area contributed by atoms with Crippen LogP contribution in [-0.2, 0) is 4.79 Å². The number of rotatable bonds is 4. The summed E-state index contributed by atoms with van der Waals surface area (Å²) in [4.78, 5) is 49.9. The zero-order valence-electron chi connectivity index (χ0n) is 14.8. The van der Waals surface area contributed by atoms with Crippen molar-refractivity contribution in [2.24, 2.45) is 23.2 Å². The molecule has 0 N–H and O–H groups in total. The van der Waals surface area contributed by atoms with Gasteiger partial charge >= 0.3 is 0 Å². The Balaban J connectivity index is 1.40. The highest BCUT2D eigenvalue weighted by molar-refractivity contribution is 6.22. The molecule has 7 heteroatoms. The van der Waals surface area contributed by atoms with Crippen LogP contribution < -0.4 is 0 Å². The van der Waals surface area contributed by atoms with Gasteiger partial charge in [0.05, 0.1) is 22.6 Å². The van der Waals surface area contributed by atoms with Gasteiger partial charge in [-0.3, -0.25) is 29.4 Å². The Labute approximate surface area is 155 Å². The number of ketones is 1. The molecule has 0 aromatic heterocycles. The normalized spacial score (nSPS) is 33.5. The summed E-state index contributed by atoms with van der Waals surface area (Å²) in [6.45, 7) is -0.216. The monoisotopic (exact) mass is 368 g/mol. The van der Waals surface area contributed by atoms with Crippen LogP contribution in [0, 0.1) is 33.3 Å². The average Bonchev–Trinajstić information content (AvgIpc) is 2.85. The van der Waals surface area contributed by atoms with Crippen LogP contribution in [0.3, 0.4) is 0 Å². The summed E-state index contributed by atoms with van der Waals surface area (Å²) >= 11 is 0. The van der Waals surface area contributed by atoms with E-state index in [1.165, 1.54) is 31.4 Å². The predicted octanol–water partition coefficient (Wildman–Crippen LogP) is 2.98. The Morgan fingerprint density at radius 1 is 1.04 bits per heavy atom. The highest BCUT2D eigenvalue weighted by atomic mass is 16.6. The van der Waals surface area contributed by atoms with E-state index in [1.54, 1.807) is 0 Å². The van der Waals surface area contributed by atoms with E-state index in [9.17, 15) is 24.5 Å². The number of benzene rings is 1. The Bertz CT molecular complexity index is 870. The van der Waals surface area contributed by atoms with E-state index in [-0.39, 0.29) is 34.6 Å². The molecular weight excluding hydrogens is 348 g/mol. The number of hydrogen-bond acceptors (Lipinski definition) is 5. The lowest BCUT2D eigenvalue weighted by molar-refractivity contribution is -0.384. The second-order valence-electron chi connectivity index (χ2n) is 8.80. The van der Waals surface area contributed by atoms with Crippen LogP contribution in [0.2, 0.25) is 0 Å². The smallest absolute Gasteiger partial charge is 0.270 e. The Hall–Kier alpha value is -2.57. The highest BCUT2D eigenvalue weighted by Crippen LogP contribution is 2.60. The number of amides is 2. The first-order chi connectivity index (χ1) is 12.9. The average molecular weight is 368 g/mol. The lowest BCUT2D eigenvalue weighted by Crippen LogP contribution is -2.53. The van der Waals surface area contributed by atoms with Gasteiger partial charge in [0.1, 0.15) is 0 Å². The third-order valence-electron chi connectivity index (χ3n) is 7.10. The van der Waals surface area contributed by atoms with E-state index < -0.39 is 16.7 Å². The Morgan fingerprint density at radius 3 is 2.15 bits per heavy atom. The molecule has 4 aliphatic carbocycles. The Morgan fingerprint density at radius 2 is 1.59 bits per heavy atom. The SMILES string of the molecule is O=C1c2ccc([N+](=O)[O-])cc2C(=O)N1CC(=O)C12CC3CC(CC(C3)C1)C2. The Kier molecular flexibility index (Phi) is 3.36. The van der Waals surface area contributed by atoms with Crippen LogP contribution in [0.15, 0.2) is 18.2 Å². The molecule has 27 heavy (non-hydrogen) atoms. The molecule has 1 heterocycles. The van der Waals surface area contributed by atoms with Crippen molar-refractivity contribution >= 4 is 23.3 Å². The molecule has 0 unspecified atom stereocenters. The maximum absolute atomic E-state index is 13.2.